The number of likely N-dealkylation sites (tertiary alicyclic amines) is 1. The highest BCUT2D eigenvalue weighted by atomic mass is 32.2. The number of benzene rings is 1. The van der Waals surface area contributed by atoms with Crippen molar-refractivity contribution in [1.29, 1.82) is 0 Å². The molecule has 30 heavy (non-hydrogen) atoms. The minimum atomic E-state index is -3.45. The molecule has 0 saturated carbocycles. The monoisotopic (exact) mass is 437 g/mol. The Hall–Kier alpha value is -2.62. The van der Waals surface area contributed by atoms with Gasteiger partial charge in [0, 0.05) is 44.3 Å². The van der Waals surface area contributed by atoms with Crippen LogP contribution in [0, 0.1) is 5.82 Å². The van der Waals surface area contributed by atoms with Crippen LogP contribution in [0.1, 0.15) is 42.7 Å². The van der Waals surface area contributed by atoms with Crippen LogP contribution in [0.15, 0.2) is 33.8 Å². The Morgan fingerprint density at radius 3 is 2.53 bits per heavy atom. The standard InChI is InChI=1S/C20H24FN3O5S/c1-30(27,28)15-2-3-18(16(21)10-15)24-9-6-14(11-24)17-12-29-19(22-17)13-4-7-23(8-5-13)20(25)26/h2-3,10,12-14H,4-9,11H2,1H3,(H,25,26)/t14-/m0/s1. The molecule has 0 spiro atoms. The minimum absolute atomic E-state index is 0.0328. The molecule has 8 nitrogen and oxygen atoms in total. The lowest BCUT2D eigenvalue weighted by atomic mass is 9.97. The normalized spacial score (nSPS) is 20.7. The topological polar surface area (TPSA) is 104 Å². The summed E-state index contributed by atoms with van der Waals surface area (Å²) in [5.41, 5.74) is 1.20. The van der Waals surface area contributed by atoms with E-state index in [0.717, 1.165) is 24.4 Å². The van der Waals surface area contributed by atoms with Crippen LogP contribution in [0.2, 0.25) is 0 Å². The third kappa shape index (κ3) is 4.14. The molecule has 2 aliphatic heterocycles. The van der Waals surface area contributed by atoms with E-state index in [1.165, 1.54) is 17.0 Å². The van der Waals surface area contributed by atoms with E-state index >= 15 is 0 Å². The molecule has 3 heterocycles. The Kier molecular flexibility index (Phi) is 5.44. The van der Waals surface area contributed by atoms with Gasteiger partial charge >= 0.3 is 6.09 Å². The van der Waals surface area contributed by atoms with Gasteiger partial charge in [0.15, 0.2) is 15.7 Å². The second kappa shape index (κ2) is 7.90. The number of piperidine rings is 1. The Bertz CT molecular complexity index is 1050. The van der Waals surface area contributed by atoms with E-state index in [1.807, 2.05) is 4.90 Å². The largest absolute Gasteiger partial charge is 0.465 e. The maximum absolute atomic E-state index is 14.5. The van der Waals surface area contributed by atoms with E-state index in [-0.39, 0.29) is 16.7 Å². The maximum Gasteiger partial charge on any atom is 0.407 e. The molecule has 10 heteroatoms. The van der Waals surface area contributed by atoms with Gasteiger partial charge in [0.1, 0.15) is 12.1 Å². The summed E-state index contributed by atoms with van der Waals surface area (Å²) in [6.45, 7) is 2.15. The maximum atomic E-state index is 14.5. The highest BCUT2D eigenvalue weighted by molar-refractivity contribution is 7.90. The van der Waals surface area contributed by atoms with Crippen molar-refractivity contribution in [2.75, 3.05) is 37.3 Å². The number of halogens is 1. The first-order valence-electron chi connectivity index (χ1n) is 9.90. The van der Waals surface area contributed by atoms with Crippen LogP contribution in [0.5, 0.6) is 0 Å². The molecule has 0 bridgehead atoms. The van der Waals surface area contributed by atoms with E-state index in [2.05, 4.69) is 4.98 Å². The van der Waals surface area contributed by atoms with E-state index in [4.69, 9.17) is 9.52 Å². The molecule has 0 aliphatic carbocycles. The van der Waals surface area contributed by atoms with Crippen LogP contribution in [0.3, 0.4) is 0 Å². The van der Waals surface area contributed by atoms with Gasteiger partial charge < -0.3 is 19.3 Å². The number of oxazole rings is 1. The molecule has 162 valence electrons. The van der Waals surface area contributed by atoms with Gasteiger partial charge in [-0.05, 0) is 37.5 Å². The molecule has 2 aliphatic rings. The van der Waals surface area contributed by atoms with Crippen molar-refractivity contribution >= 4 is 21.6 Å². The Labute approximate surface area is 174 Å². The van der Waals surface area contributed by atoms with Gasteiger partial charge in [-0.2, -0.15) is 0 Å². The summed E-state index contributed by atoms with van der Waals surface area (Å²) in [4.78, 5) is 19.0. The first-order valence-corrected chi connectivity index (χ1v) is 11.8. The molecule has 1 aromatic heterocycles. The van der Waals surface area contributed by atoms with Crippen molar-refractivity contribution in [3.8, 4) is 0 Å². The Morgan fingerprint density at radius 2 is 1.90 bits per heavy atom. The molecular weight excluding hydrogens is 413 g/mol. The molecule has 2 saturated heterocycles. The van der Waals surface area contributed by atoms with Gasteiger partial charge in [-0.25, -0.2) is 22.6 Å². The quantitative estimate of drug-likeness (QED) is 0.784. The first kappa shape index (κ1) is 20.6. The molecule has 1 amide bonds. The van der Waals surface area contributed by atoms with Crippen LogP contribution in [-0.2, 0) is 9.84 Å². The van der Waals surface area contributed by atoms with Crippen molar-refractivity contribution in [2.45, 2.75) is 36.0 Å². The first-order chi connectivity index (χ1) is 14.2. The third-order valence-corrected chi connectivity index (χ3v) is 7.06. The fraction of sp³-hybridized carbons (Fsp3) is 0.500. The van der Waals surface area contributed by atoms with Gasteiger partial charge in [0.25, 0.3) is 0 Å². The summed E-state index contributed by atoms with van der Waals surface area (Å²) in [5, 5.41) is 9.06. The molecule has 1 N–H and O–H groups in total. The van der Waals surface area contributed by atoms with Gasteiger partial charge in [-0.15, -0.1) is 0 Å². The van der Waals surface area contributed by atoms with Crippen molar-refractivity contribution in [3.05, 3.63) is 41.9 Å². The van der Waals surface area contributed by atoms with E-state index < -0.39 is 21.7 Å². The van der Waals surface area contributed by atoms with E-state index in [9.17, 15) is 17.6 Å². The number of sulfone groups is 1. The number of rotatable bonds is 4. The number of carboxylic acid groups (broad SMARTS) is 1. The molecule has 1 atom stereocenters. The molecule has 1 aromatic carbocycles. The van der Waals surface area contributed by atoms with Gasteiger partial charge in [-0.1, -0.05) is 0 Å². The summed E-state index contributed by atoms with van der Waals surface area (Å²) in [6.07, 6.45) is 3.96. The van der Waals surface area contributed by atoms with E-state index in [0.29, 0.717) is 50.6 Å². The highest BCUT2D eigenvalue weighted by Crippen LogP contribution is 2.34. The van der Waals surface area contributed by atoms with E-state index in [1.54, 1.807) is 6.26 Å². The van der Waals surface area contributed by atoms with Crippen LogP contribution in [0.25, 0.3) is 0 Å². The average Bonchev–Trinajstić information content (AvgIpc) is 3.37. The average molecular weight is 437 g/mol. The summed E-state index contributed by atoms with van der Waals surface area (Å²) < 4.78 is 43.4. The lowest BCUT2D eigenvalue weighted by molar-refractivity contribution is 0.129. The van der Waals surface area contributed by atoms with Crippen LogP contribution in [0.4, 0.5) is 14.9 Å². The number of hydrogen-bond donors (Lipinski definition) is 1. The second-order valence-corrected chi connectivity index (χ2v) is 9.99. The minimum Gasteiger partial charge on any atom is -0.465 e. The van der Waals surface area contributed by atoms with Gasteiger partial charge in [-0.3, -0.25) is 0 Å². The Morgan fingerprint density at radius 1 is 1.20 bits per heavy atom. The van der Waals surface area contributed by atoms with Crippen LogP contribution in [-0.4, -0.2) is 61.9 Å². The SMILES string of the molecule is CS(=O)(=O)c1ccc(N2CC[C@H](c3coc(C4CCN(C(=O)O)CC4)n3)C2)c(F)c1. The molecule has 2 aromatic rings. The van der Waals surface area contributed by atoms with Crippen molar-refractivity contribution in [2.24, 2.45) is 0 Å². The number of amides is 1. The second-order valence-electron chi connectivity index (χ2n) is 7.97. The summed E-state index contributed by atoms with van der Waals surface area (Å²) >= 11 is 0. The summed E-state index contributed by atoms with van der Waals surface area (Å²) in [6, 6.07) is 4.01. The smallest absolute Gasteiger partial charge is 0.407 e. The molecule has 4 rings (SSSR count). The van der Waals surface area contributed by atoms with Crippen LogP contribution >= 0.6 is 0 Å². The predicted molar refractivity (Wildman–Crippen MR) is 107 cm³/mol. The number of nitrogens with zero attached hydrogens (tertiary/aromatic N) is 3. The highest BCUT2D eigenvalue weighted by Gasteiger charge is 2.31. The number of hydrogen-bond acceptors (Lipinski definition) is 6. The van der Waals surface area contributed by atoms with Crippen molar-refractivity contribution < 1.29 is 27.1 Å². The van der Waals surface area contributed by atoms with Crippen LogP contribution < -0.4 is 4.90 Å². The third-order valence-electron chi connectivity index (χ3n) is 5.95. The van der Waals surface area contributed by atoms with Gasteiger partial charge in [0.2, 0.25) is 0 Å². The van der Waals surface area contributed by atoms with Gasteiger partial charge in [0.05, 0.1) is 16.3 Å². The zero-order valence-corrected chi connectivity index (χ0v) is 17.4. The number of anilines is 1. The predicted octanol–water partition coefficient (Wildman–Crippen LogP) is 3.07. The lowest BCUT2D eigenvalue weighted by Gasteiger charge is -2.28. The molecular formula is C20H24FN3O5S. The van der Waals surface area contributed by atoms with Crippen molar-refractivity contribution in [3.63, 3.8) is 0 Å². The molecule has 0 radical (unpaired) electrons. The fourth-order valence-electron chi connectivity index (χ4n) is 4.19. The Balaban J connectivity index is 1.42. The zero-order chi connectivity index (χ0) is 21.5. The summed E-state index contributed by atoms with van der Waals surface area (Å²) in [7, 11) is -3.45. The lowest BCUT2D eigenvalue weighted by Crippen LogP contribution is -2.36. The zero-order valence-electron chi connectivity index (χ0n) is 16.6. The fourth-order valence-corrected chi connectivity index (χ4v) is 4.82. The summed E-state index contributed by atoms with van der Waals surface area (Å²) in [5.74, 6) is 0.283. The van der Waals surface area contributed by atoms with Crippen molar-refractivity contribution in [1.82, 2.24) is 9.88 Å². The number of aromatic nitrogens is 1. The molecule has 2 fully saturated rings. The number of carbonyl (C=O) groups is 1. The molecule has 0 unspecified atom stereocenters.